The predicted octanol–water partition coefficient (Wildman–Crippen LogP) is 2.55. The highest BCUT2D eigenvalue weighted by molar-refractivity contribution is 7.89. The first kappa shape index (κ1) is 20.4. The molecule has 0 saturated carbocycles. The van der Waals surface area contributed by atoms with E-state index in [1.165, 1.54) is 12.4 Å². The molecule has 2 amide bonds. The molecule has 0 saturated heterocycles. The first-order chi connectivity index (χ1) is 15.3. The Balaban J connectivity index is 1.28. The number of hydrogen-bond acceptors (Lipinski definition) is 7. The molecule has 4 heterocycles. The van der Waals surface area contributed by atoms with Gasteiger partial charge >= 0.3 is 6.03 Å². The summed E-state index contributed by atoms with van der Waals surface area (Å²) in [7, 11) is -3.21. The average Bonchev–Trinajstić information content (AvgIpc) is 3.41. The van der Waals surface area contributed by atoms with Crippen LogP contribution in [0.1, 0.15) is 23.4 Å². The summed E-state index contributed by atoms with van der Waals surface area (Å²) in [6, 6.07) is 8.69. The van der Waals surface area contributed by atoms with Crippen LogP contribution in [0, 0.1) is 0 Å². The van der Waals surface area contributed by atoms with Crippen LogP contribution in [0.25, 0.3) is 0 Å². The molecule has 1 aromatic carbocycles. The Morgan fingerprint density at radius 3 is 2.84 bits per heavy atom. The Morgan fingerprint density at radius 1 is 1.16 bits per heavy atom. The van der Waals surface area contributed by atoms with Gasteiger partial charge in [0.15, 0.2) is 15.7 Å². The van der Waals surface area contributed by atoms with Gasteiger partial charge in [-0.3, -0.25) is 14.9 Å². The van der Waals surface area contributed by atoms with Gasteiger partial charge in [0, 0.05) is 42.9 Å². The summed E-state index contributed by atoms with van der Waals surface area (Å²) in [5.41, 5.74) is 3.32. The summed E-state index contributed by atoms with van der Waals surface area (Å²) in [5, 5.41) is 7.33. The number of benzene rings is 1. The van der Waals surface area contributed by atoms with E-state index in [2.05, 4.69) is 20.4 Å². The van der Waals surface area contributed by atoms with Crippen LogP contribution in [-0.4, -0.2) is 47.0 Å². The molecule has 5 rings (SSSR count). The first-order valence-electron chi connectivity index (χ1n) is 10.3. The molecule has 0 unspecified atom stereocenters. The smallest absolute Gasteiger partial charge is 0.327 e. The average molecular weight is 455 g/mol. The van der Waals surface area contributed by atoms with Gasteiger partial charge in [0.25, 0.3) is 0 Å². The van der Waals surface area contributed by atoms with E-state index in [1.807, 2.05) is 22.9 Å². The zero-order valence-corrected chi connectivity index (χ0v) is 18.3. The van der Waals surface area contributed by atoms with Crippen molar-refractivity contribution in [3.63, 3.8) is 0 Å². The Kier molecular flexibility index (Phi) is 5.04. The summed E-state index contributed by atoms with van der Waals surface area (Å²) in [6.07, 6.45) is 5.20. The molecule has 2 aliphatic heterocycles. The van der Waals surface area contributed by atoms with E-state index in [-0.39, 0.29) is 17.7 Å². The van der Waals surface area contributed by atoms with Gasteiger partial charge in [0.1, 0.15) is 12.1 Å². The number of aromatic nitrogens is 4. The minimum Gasteiger partial charge on any atom is -0.439 e. The second-order valence-corrected chi connectivity index (χ2v) is 10.1. The van der Waals surface area contributed by atoms with Crippen LogP contribution in [0.15, 0.2) is 36.7 Å². The molecule has 1 N–H and O–H groups in total. The number of nitrogens with zero attached hydrogens (tertiary/aromatic N) is 5. The summed E-state index contributed by atoms with van der Waals surface area (Å²) in [4.78, 5) is 22.5. The minimum atomic E-state index is -3.21. The molecule has 0 aliphatic carbocycles. The van der Waals surface area contributed by atoms with E-state index < -0.39 is 9.84 Å². The number of carbonyl (C=O) groups is 1. The maximum atomic E-state index is 12.8. The molecule has 3 aromatic rings. The van der Waals surface area contributed by atoms with E-state index >= 15 is 0 Å². The van der Waals surface area contributed by atoms with E-state index in [0.717, 1.165) is 42.6 Å². The standard InChI is InChI=1S/C21H22N6O4S/c1-32(29,30)12-15-10-20(23-13-22-15)31-17-4-5-18-14(9-17)6-8-26(18)21(28)24-19-11-16-3-2-7-27(16)25-19/h4-5,9-11,13H,2-3,6-8,12H2,1H3,(H,24,25,28). The largest absolute Gasteiger partial charge is 0.439 e. The van der Waals surface area contributed by atoms with Crippen LogP contribution in [0.5, 0.6) is 11.6 Å². The molecule has 10 nitrogen and oxygen atoms in total. The van der Waals surface area contributed by atoms with Crippen LogP contribution >= 0.6 is 0 Å². The van der Waals surface area contributed by atoms with Crippen LogP contribution < -0.4 is 15.0 Å². The number of amides is 2. The van der Waals surface area contributed by atoms with Crippen molar-refractivity contribution in [3.05, 3.63) is 53.6 Å². The van der Waals surface area contributed by atoms with E-state index in [1.54, 1.807) is 11.0 Å². The number of sulfone groups is 1. The first-order valence-corrected chi connectivity index (χ1v) is 12.3. The fourth-order valence-corrected chi connectivity index (χ4v) is 4.75. The van der Waals surface area contributed by atoms with Crippen molar-refractivity contribution in [2.24, 2.45) is 0 Å². The minimum absolute atomic E-state index is 0.181. The quantitative estimate of drug-likeness (QED) is 0.629. The molecule has 2 aromatic heterocycles. The van der Waals surface area contributed by atoms with Gasteiger partial charge in [-0.05, 0) is 43.0 Å². The van der Waals surface area contributed by atoms with Crippen molar-refractivity contribution in [1.29, 1.82) is 0 Å². The molecule has 32 heavy (non-hydrogen) atoms. The fraction of sp³-hybridized carbons (Fsp3) is 0.333. The van der Waals surface area contributed by atoms with Gasteiger partial charge in [-0.1, -0.05) is 0 Å². The van der Waals surface area contributed by atoms with Crippen molar-refractivity contribution < 1.29 is 17.9 Å². The number of anilines is 2. The van der Waals surface area contributed by atoms with Gasteiger partial charge in [-0.25, -0.2) is 23.2 Å². The molecule has 0 bridgehead atoms. The molecule has 166 valence electrons. The number of rotatable bonds is 5. The highest BCUT2D eigenvalue weighted by Gasteiger charge is 2.26. The van der Waals surface area contributed by atoms with Gasteiger partial charge in [-0.15, -0.1) is 0 Å². The Hall–Kier alpha value is -3.47. The maximum Gasteiger partial charge on any atom is 0.327 e. The number of nitrogens with one attached hydrogen (secondary N) is 1. The topological polar surface area (TPSA) is 119 Å². The lowest BCUT2D eigenvalue weighted by Crippen LogP contribution is -2.33. The third kappa shape index (κ3) is 4.28. The van der Waals surface area contributed by atoms with Gasteiger partial charge in [0.05, 0.1) is 11.4 Å². The van der Waals surface area contributed by atoms with E-state index in [9.17, 15) is 13.2 Å². The van der Waals surface area contributed by atoms with Crippen molar-refractivity contribution in [1.82, 2.24) is 19.7 Å². The number of ether oxygens (including phenoxy) is 1. The Morgan fingerprint density at radius 2 is 2.03 bits per heavy atom. The van der Waals surface area contributed by atoms with Crippen LogP contribution in [0.3, 0.4) is 0 Å². The number of fused-ring (bicyclic) bond motifs is 2. The SMILES string of the molecule is CS(=O)(=O)Cc1cc(Oc2ccc3c(c2)CCN3C(=O)Nc2cc3n(n2)CCC3)ncn1. The molecule has 0 atom stereocenters. The molecule has 0 radical (unpaired) electrons. The summed E-state index contributed by atoms with van der Waals surface area (Å²) in [5.74, 6) is 1.21. The second kappa shape index (κ2) is 7.90. The normalized spacial score (nSPS) is 14.8. The molecule has 0 fully saturated rings. The predicted molar refractivity (Wildman–Crippen MR) is 118 cm³/mol. The second-order valence-electron chi connectivity index (χ2n) is 7.99. The van der Waals surface area contributed by atoms with Crippen LogP contribution in [-0.2, 0) is 35.0 Å². The van der Waals surface area contributed by atoms with Crippen LogP contribution in [0.4, 0.5) is 16.3 Å². The lowest BCUT2D eigenvalue weighted by atomic mass is 10.1. The third-order valence-electron chi connectivity index (χ3n) is 5.42. The van der Waals surface area contributed by atoms with E-state index in [4.69, 9.17) is 4.74 Å². The number of carbonyl (C=O) groups excluding carboxylic acids is 1. The molecule has 2 aliphatic rings. The molecule has 11 heteroatoms. The zero-order chi connectivity index (χ0) is 22.3. The molecular weight excluding hydrogens is 432 g/mol. The zero-order valence-electron chi connectivity index (χ0n) is 17.5. The monoisotopic (exact) mass is 454 g/mol. The highest BCUT2D eigenvalue weighted by atomic mass is 32.2. The lowest BCUT2D eigenvalue weighted by Gasteiger charge is -2.17. The van der Waals surface area contributed by atoms with Gasteiger partial charge in [0.2, 0.25) is 5.88 Å². The highest BCUT2D eigenvalue weighted by Crippen LogP contribution is 2.33. The van der Waals surface area contributed by atoms with E-state index in [0.29, 0.717) is 30.2 Å². The fourth-order valence-electron chi connectivity index (χ4n) is 4.05. The maximum absolute atomic E-state index is 12.8. The summed E-state index contributed by atoms with van der Waals surface area (Å²) in [6.45, 7) is 1.45. The van der Waals surface area contributed by atoms with Crippen molar-refractivity contribution in [2.45, 2.75) is 31.6 Å². The molecule has 0 spiro atoms. The van der Waals surface area contributed by atoms with Gasteiger partial charge < -0.3 is 4.74 Å². The third-order valence-corrected chi connectivity index (χ3v) is 6.24. The number of urea groups is 1. The van der Waals surface area contributed by atoms with Crippen molar-refractivity contribution in [3.8, 4) is 11.6 Å². The number of aryl methyl sites for hydroxylation is 2. The Bertz CT molecular complexity index is 1280. The lowest BCUT2D eigenvalue weighted by molar-refractivity contribution is 0.257. The molecular formula is C21H22N6O4S. The van der Waals surface area contributed by atoms with Crippen LogP contribution in [0.2, 0.25) is 0 Å². The Labute approximate surface area is 185 Å². The summed E-state index contributed by atoms with van der Waals surface area (Å²) < 4.78 is 30.7. The van der Waals surface area contributed by atoms with Crippen molar-refractivity contribution in [2.75, 3.05) is 23.0 Å². The summed E-state index contributed by atoms with van der Waals surface area (Å²) >= 11 is 0. The number of hydrogen-bond donors (Lipinski definition) is 1. The van der Waals surface area contributed by atoms with Gasteiger partial charge in [-0.2, -0.15) is 5.10 Å². The van der Waals surface area contributed by atoms with Crippen molar-refractivity contribution >= 4 is 27.4 Å².